The molecule has 0 unspecified atom stereocenters. The van der Waals surface area contributed by atoms with Crippen molar-refractivity contribution in [2.75, 3.05) is 12.3 Å². The lowest BCUT2D eigenvalue weighted by Crippen LogP contribution is -2.31. The third-order valence-electron chi connectivity index (χ3n) is 1.91. The lowest BCUT2D eigenvalue weighted by atomic mass is 10.2. The van der Waals surface area contributed by atoms with Crippen molar-refractivity contribution in [2.24, 2.45) is 0 Å². The summed E-state index contributed by atoms with van der Waals surface area (Å²) in [5.41, 5.74) is 6.70. The van der Waals surface area contributed by atoms with Crippen molar-refractivity contribution in [3.63, 3.8) is 0 Å². The second-order valence-electron chi connectivity index (χ2n) is 3.70. The van der Waals surface area contributed by atoms with E-state index in [1.54, 1.807) is 24.3 Å². The second kappa shape index (κ2) is 5.29. The zero-order valence-corrected chi connectivity index (χ0v) is 9.87. The van der Waals surface area contributed by atoms with E-state index >= 15 is 0 Å². The van der Waals surface area contributed by atoms with Crippen LogP contribution in [0.1, 0.15) is 12.5 Å². The van der Waals surface area contributed by atoms with Crippen LogP contribution in [-0.4, -0.2) is 26.2 Å². The highest BCUT2D eigenvalue weighted by Crippen LogP contribution is 2.09. The standard InChI is InChI=1S/C10H16N2O3S/c1-8(13)6-12-16(14,15)7-9-3-2-4-10(11)5-9/h2-5,8,12-13H,6-7,11H2,1H3/t8-/m1/s1. The number of anilines is 1. The number of nitrogens with two attached hydrogens (primary N) is 1. The first kappa shape index (κ1) is 13.0. The van der Waals surface area contributed by atoms with Crippen LogP contribution < -0.4 is 10.5 Å². The summed E-state index contributed by atoms with van der Waals surface area (Å²) in [6, 6.07) is 6.70. The predicted octanol–water partition coefficient (Wildman–Crippen LogP) is 0.0690. The fourth-order valence-electron chi connectivity index (χ4n) is 1.20. The van der Waals surface area contributed by atoms with Crippen LogP contribution in [0.4, 0.5) is 5.69 Å². The highest BCUT2D eigenvalue weighted by Gasteiger charge is 2.12. The lowest BCUT2D eigenvalue weighted by Gasteiger charge is -2.08. The van der Waals surface area contributed by atoms with Crippen molar-refractivity contribution in [1.82, 2.24) is 4.72 Å². The Labute approximate surface area is 95.3 Å². The van der Waals surface area contributed by atoms with E-state index in [4.69, 9.17) is 10.8 Å². The molecule has 6 heteroatoms. The van der Waals surface area contributed by atoms with E-state index in [-0.39, 0.29) is 12.3 Å². The van der Waals surface area contributed by atoms with Gasteiger partial charge in [-0.2, -0.15) is 0 Å². The Morgan fingerprint density at radius 3 is 2.75 bits per heavy atom. The monoisotopic (exact) mass is 244 g/mol. The largest absolute Gasteiger partial charge is 0.399 e. The summed E-state index contributed by atoms with van der Waals surface area (Å²) < 4.78 is 25.4. The number of aliphatic hydroxyl groups excluding tert-OH is 1. The molecule has 0 aliphatic heterocycles. The molecule has 0 bridgehead atoms. The summed E-state index contributed by atoms with van der Waals surface area (Å²) in [5.74, 6) is -0.134. The van der Waals surface area contributed by atoms with Gasteiger partial charge in [0.1, 0.15) is 0 Å². The Morgan fingerprint density at radius 2 is 2.19 bits per heavy atom. The maximum absolute atomic E-state index is 11.6. The molecule has 0 spiro atoms. The smallest absolute Gasteiger partial charge is 0.215 e. The van der Waals surface area contributed by atoms with Gasteiger partial charge in [-0.05, 0) is 24.6 Å². The Hall–Kier alpha value is -1.11. The molecule has 0 saturated heterocycles. The highest BCUT2D eigenvalue weighted by atomic mass is 32.2. The minimum absolute atomic E-state index is 0.0185. The number of nitrogens with one attached hydrogen (secondary N) is 1. The molecule has 0 saturated carbocycles. The lowest BCUT2D eigenvalue weighted by molar-refractivity contribution is 0.198. The zero-order chi connectivity index (χ0) is 12.2. The molecule has 0 radical (unpaired) electrons. The minimum atomic E-state index is -3.41. The fourth-order valence-corrected chi connectivity index (χ4v) is 2.42. The number of sulfonamides is 1. The molecule has 1 aromatic carbocycles. The summed E-state index contributed by atoms with van der Waals surface area (Å²) >= 11 is 0. The molecule has 0 aliphatic carbocycles. The first-order valence-corrected chi connectivity index (χ1v) is 6.54. The molecule has 0 heterocycles. The Balaban J connectivity index is 2.66. The van der Waals surface area contributed by atoms with Gasteiger partial charge in [0.2, 0.25) is 10.0 Å². The SMILES string of the molecule is C[C@@H](O)CNS(=O)(=O)Cc1cccc(N)c1. The average Bonchev–Trinajstić information content (AvgIpc) is 2.14. The van der Waals surface area contributed by atoms with Gasteiger partial charge in [0, 0.05) is 12.2 Å². The molecule has 1 atom stereocenters. The minimum Gasteiger partial charge on any atom is -0.399 e. The van der Waals surface area contributed by atoms with Crippen LogP contribution in [0.25, 0.3) is 0 Å². The summed E-state index contributed by atoms with van der Waals surface area (Å²) in [7, 11) is -3.41. The van der Waals surface area contributed by atoms with Gasteiger partial charge >= 0.3 is 0 Å². The molecule has 0 amide bonds. The first-order valence-electron chi connectivity index (χ1n) is 4.89. The van der Waals surface area contributed by atoms with Crippen LogP contribution in [-0.2, 0) is 15.8 Å². The Bertz CT molecular complexity index is 443. The summed E-state index contributed by atoms with van der Waals surface area (Å²) in [6.45, 7) is 1.54. The molecule has 1 rings (SSSR count). The second-order valence-corrected chi connectivity index (χ2v) is 5.51. The van der Waals surface area contributed by atoms with Gasteiger partial charge < -0.3 is 10.8 Å². The molecule has 0 fully saturated rings. The van der Waals surface area contributed by atoms with Crippen molar-refractivity contribution in [3.8, 4) is 0 Å². The van der Waals surface area contributed by atoms with Crippen LogP contribution in [0.3, 0.4) is 0 Å². The first-order chi connectivity index (χ1) is 7.39. The summed E-state index contributed by atoms with van der Waals surface area (Å²) in [6.07, 6.45) is -0.699. The third-order valence-corrected chi connectivity index (χ3v) is 3.23. The quantitative estimate of drug-likeness (QED) is 0.639. The normalized spacial score (nSPS) is 13.6. The van der Waals surface area contributed by atoms with Gasteiger partial charge in [0.25, 0.3) is 0 Å². The van der Waals surface area contributed by atoms with Gasteiger partial charge in [-0.3, -0.25) is 0 Å². The molecular weight excluding hydrogens is 228 g/mol. The topological polar surface area (TPSA) is 92.4 Å². The van der Waals surface area contributed by atoms with E-state index in [1.165, 1.54) is 6.92 Å². The maximum Gasteiger partial charge on any atom is 0.215 e. The molecular formula is C10H16N2O3S. The summed E-state index contributed by atoms with van der Waals surface area (Å²) in [4.78, 5) is 0. The molecule has 16 heavy (non-hydrogen) atoms. The predicted molar refractivity (Wildman–Crippen MR) is 63.2 cm³/mol. The molecule has 90 valence electrons. The van der Waals surface area contributed by atoms with E-state index in [2.05, 4.69) is 4.72 Å². The number of hydrogen-bond donors (Lipinski definition) is 3. The van der Waals surface area contributed by atoms with Crippen LogP contribution in [0, 0.1) is 0 Å². The van der Waals surface area contributed by atoms with Gasteiger partial charge in [-0.25, -0.2) is 13.1 Å². The molecule has 0 aliphatic rings. The van der Waals surface area contributed by atoms with Crippen molar-refractivity contribution < 1.29 is 13.5 Å². The summed E-state index contributed by atoms with van der Waals surface area (Å²) in [5, 5.41) is 8.98. The Morgan fingerprint density at radius 1 is 1.50 bits per heavy atom. The van der Waals surface area contributed by atoms with Crippen molar-refractivity contribution in [2.45, 2.75) is 18.8 Å². The molecule has 0 aromatic heterocycles. The fraction of sp³-hybridized carbons (Fsp3) is 0.400. The van der Waals surface area contributed by atoms with Crippen LogP contribution in [0.5, 0.6) is 0 Å². The van der Waals surface area contributed by atoms with Crippen molar-refractivity contribution in [3.05, 3.63) is 29.8 Å². The van der Waals surface area contributed by atoms with Gasteiger partial charge in [0.15, 0.2) is 0 Å². The van der Waals surface area contributed by atoms with E-state index in [1.807, 2.05) is 0 Å². The number of hydrogen-bond acceptors (Lipinski definition) is 4. The third kappa shape index (κ3) is 4.61. The van der Waals surface area contributed by atoms with Crippen LogP contribution >= 0.6 is 0 Å². The number of nitrogen functional groups attached to an aromatic ring is 1. The van der Waals surface area contributed by atoms with Gasteiger partial charge in [0.05, 0.1) is 11.9 Å². The Kier molecular flexibility index (Phi) is 4.28. The molecule has 1 aromatic rings. The van der Waals surface area contributed by atoms with E-state index in [9.17, 15) is 8.42 Å². The molecule has 4 N–H and O–H groups in total. The number of benzene rings is 1. The number of aliphatic hydroxyl groups is 1. The van der Waals surface area contributed by atoms with Gasteiger partial charge in [-0.15, -0.1) is 0 Å². The van der Waals surface area contributed by atoms with Gasteiger partial charge in [-0.1, -0.05) is 12.1 Å². The van der Waals surface area contributed by atoms with E-state index in [0.717, 1.165) is 0 Å². The average molecular weight is 244 g/mol. The van der Waals surface area contributed by atoms with Crippen molar-refractivity contribution in [1.29, 1.82) is 0 Å². The maximum atomic E-state index is 11.6. The molecule has 5 nitrogen and oxygen atoms in total. The van der Waals surface area contributed by atoms with Crippen LogP contribution in [0.15, 0.2) is 24.3 Å². The van der Waals surface area contributed by atoms with Crippen molar-refractivity contribution >= 4 is 15.7 Å². The number of rotatable bonds is 5. The highest BCUT2D eigenvalue weighted by molar-refractivity contribution is 7.88. The van der Waals surface area contributed by atoms with E-state index < -0.39 is 16.1 Å². The zero-order valence-electron chi connectivity index (χ0n) is 9.05. The van der Waals surface area contributed by atoms with Crippen LogP contribution in [0.2, 0.25) is 0 Å². The van der Waals surface area contributed by atoms with E-state index in [0.29, 0.717) is 11.3 Å².